The van der Waals surface area contributed by atoms with Crippen LogP contribution in [0.15, 0.2) is 41.1 Å². The number of nitrogens with one attached hydrogen (secondary N) is 1. The number of carbonyl (C=O) groups is 1. The van der Waals surface area contributed by atoms with Crippen LogP contribution in [0.1, 0.15) is 16.1 Å². The fourth-order valence-electron chi connectivity index (χ4n) is 1.32. The molecule has 5 nitrogen and oxygen atoms in total. The fraction of sp³-hybridized carbons (Fsp3) is 0.0769. The zero-order chi connectivity index (χ0) is 12.8. The number of nitrogens with two attached hydrogens (primary N) is 1. The number of hydrogen-bond acceptors (Lipinski definition) is 4. The first kappa shape index (κ1) is 11.9. The Morgan fingerprint density at radius 3 is 3.11 bits per heavy atom. The normalized spacial score (nSPS) is 9.39. The van der Waals surface area contributed by atoms with Crippen molar-refractivity contribution in [1.82, 2.24) is 4.98 Å². The molecule has 0 aliphatic carbocycles. The van der Waals surface area contributed by atoms with Crippen molar-refractivity contribution < 1.29 is 9.21 Å². The van der Waals surface area contributed by atoms with Crippen molar-refractivity contribution in [3.63, 3.8) is 0 Å². The zero-order valence-electron chi connectivity index (χ0n) is 9.51. The highest BCUT2D eigenvalue weighted by Gasteiger charge is 2.09. The van der Waals surface area contributed by atoms with Gasteiger partial charge in [0.05, 0.1) is 12.8 Å². The number of furan rings is 1. The summed E-state index contributed by atoms with van der Waals surface area (Å²) in [5.74, 6) is 5.89. The molecule has 0 aliphatic heterocycles. The van der Waals surface area contributed by atoms with Crippen LogP contribution >= 0.6 is 0 Å². The Morgan fingerprint density at radius 2 is 2.39 bits per heavy atom. The number of rotatable bonds is 2. The number of amides is 1. The SMILES string of the molecule is NCC#Cc1ccnc(NC(=O)c2ccco2)c1. The summed E-state index contributed by atoms with van der Waals surface area (Å²) in [4.78, 5) is 15.7. The third-order valence-electron chi connectivity index (χ3n) is 2.08. The van der Waals surface area contributed by atoms with Crippen LogP contribution in [0.2, 0.25) is 0 Å². The molecule has 2 aromatic heterocycles. The smallest absolute Gasteiger partial charge is 0.292 e. The second-order valence-corrected chi connectivity index (χ2v) is 3.37. The lowest BCUT2D eigenvalue weighted by Gasteiger charge is -2.02. The van der Waals surface area contributed by atoms with Crippen LogP contribution in [0.25, 0.3) is 0 Å². The Balaban J connectivity index is 2.12. The van der Waals surface area contributed by atoms with Crippen LogP contribution in [-0.4, -0.2) is 17.4 Å². The number of carbonyl (C=O) groups excluding carboxylic acids is 1. The first-order valence-corrected chi connectivity index (χ1v) is 5.29. The Morgan fingerprint density at radius 1 is 1.50 bits per heavy atom. The minimum atomic E-state index is -0.351. The van der Waals surface area contributed by atoms with Gasteiger partial charge in [-0.3, -0.25) is 4.79 Å². The van der Waals surface area contributed by atoms with E-state index in [1.165, 1.54) is 6.26 Å². The van der Waals surface area contributed by atoms with Crippen molar-refractivity contribution in [2.45, 2.75) is 0 Å². The van der Waals surface area contributed by atoms with E-state index in [4.69, 9.17) is 10.2 Å². The van der Waals surface area contributed by atoms with E-state index < -0.39 is 0 Å². The summed E-state index contributed by atoms with van der Waals surface area (Å²) in [6.45, 7) is 0.288. The van der Waals surface area contributed by atoms with Gasteiger partial charge >= 0.3 is 0 Å². The third kappa shape index (κ3) is 2.97. The van der Waals surface area contributed by atoms with E-state index in [0.717, 1.165) is 5.56 Å². The lowest BCUT2D eigenvalue weighted by atomic mass is 10.2. The minimum absolute atomic E-state index is 0.232. The second-order valence-electron chi connectivity index (χ2n) is 3.37. The van der Waals surface area contributed by atoms with Gasteiger partial charge in [0.2, 0.25) is 0 Å². The van der Waals surface area contributed by atoms with Gasteiger partial charge in [-0.1, -0.05) is 11.8 Å². The van der Waals surface area contributed by atoms with Crippen LogP contribution < -0.4 is 11.1 Å². The Bertz CT molecular complexity index is 594. The summed E-state index contributed by atoms with van der Waals surface area (Å²) in [6.07, 6.45) is 3.00. The van der Waals surface area contributed by atoms with Crippen molar-refractivity contribution in [2.24, 2.45) is 5.73 Å². The summed E-state index contributed by atoms with van der Waals surface area (Å²) < 4.78 is 4.98. The Hall–Kier alpha value is -2.58. The van der Waals surface area contributed by atoms with Crippen molar-refractivity contribution in [1.29, 1.82) is 0 Å². The largest absolute Gasteiger partial charge is 0.459 e. The van der Waals surface area contributed by atoms with Crippen molar-refractivity contribution >= 4 is 11.7 Å². The molecule has 18 heavy (non-hydrogen) atoms. The maximum atomic E-state index is 11.7. The summed E-state index contributed by atoms with van der Waals surface area (Å²) in [6, 6.07) is 6.63. The van der Waals surface area contributed by atoms with Crippen LogP contribution in [0, 0.1) is 11.8 Å². The molecule has 0 aromatic carbocycles. The first-order chi connectivity index (χ1) is 8.79. The molecular weight excluding hydrogens is 230 g/mol. The van der Waals surface area contributed by atoms with E-state index in [0.29, 0.717) is 5.82 Å². The molecule has 0 fully saturated rings. The maximum absolute atomic E-state index is 11.7. The molecule has 0 atom stereocenters. The molecule has 0 bridgehead atoms. The van der Waals surface area contributed by atoms with E-state index in [1.807, 2.05) is 0 Å². The van der Waals surface area contributed by atoms with Gasteiger partial charge in [0.15, 0.2) is 5.76 Å². The standard InChI is InChI=1S/C13H11N3O2/c14-6-1-3-10-5-7-15-12(9-10)16-13(17)11-4-2-8-18-11/h2,4-5,7-9H,6,14H2,(H,15,16,17). The molecule has 0 aliphatic rings. The number of anilines is 1. The molecule has 0 saturated heterocycles. The van der Waals surface area contributed by atoms with Gasteiger partial charge in [0.25, 0.3) is 5.91 Å². The molecule has 5 heteroatoms. The minimum Gasteiger partial charge on any atom is -0.459 e. The molecule has 3 N–H and O–H groups in total. The molecule has 2 heterocycles. The first-order valence-electron chi connectivity index (χ1n) is 5.29. The Kier molecular flexibility index (Phi) is 3.74. The molecule has 1 amide bonds. The zero-order valence-corrected chi connectivity index (χ0v) is 9.51. The topological polar surface area (TPSA) is 81.1 Å². The third-order valence-corrected chi connectivity index (χ3v) is 2.08. The van der Waals surface area contributed by atoms with Gasteiger partial charge in [-0.25, -0.2) is 4.98 Å². The summed E-state index contributed by atoms with van der Waals surface area (Å²) in [5, 5.41) is 2.62. The number of aromatic nitrogens is 1. The molecule has 0 radical (unpaired) electrons. The average Bonchev–Trinajstić information content (AvgIpc) is 2.91. The second kappa shape index (κ2) is 5.66. The molecule has 2 rings (SSSR count). The van der Waals surface area contributed by atoms with Crippen molar-refractivity contribution in [3.05, 3.63) is 48.0 Å². The van der Waals surface area contributed by atoms with Crippen LogP contribution in [0.5, 0.6) is 0 Å². The summed E-state index contributed by atoms with van der Waals surface area (Å²) >= 11 is 0. The fourth-order valence-corrected chi connectivity index (χ4v) is 1.32. The highest BCUT2D eigenvalue weighted by atomic mass is 16.3. The quantitative estimate of drug-likeness (QED) is 0.775. The van der Waals surface area contributed by atoms with Gasteiger partial charge in [-0.2, -0.15) is 0 Å². The lowest BCUT2D eigenvalue weighted by Crippen LogP contribution is -2.11. The maximum Gasteiger partial charge on any atom is 0.292 e. The van der Waals surface area contributed by atoms with E-state index in [9.17, 15) is 4.79 Å². The number of pyridine rings is 1. The van der Waals surface area contributed by atoms with Gasteiger partial charge in [-0.15, -0.1) is 0 Å². The predicted octanol–water partition coefficient (Wildman–Crippen LogP) is 1.24. The van der Waals surface area contributed by atoms with Crippen LogP contribution in [-0.2, 0) is 0 Å². The van der Waals surface area contributed by atoms with Gasteiger partial charge < -0.3 is 15.5 Å². The van der Waals surface area contributed by atoms with E-state index in [1.54, 1.807) is 30.5 Å². The van der Waals surface area contributed by atoms with Gasteiger partial charge in [-0.05, 0) is 24.3 Å². The molecular formula is C13H11N3O2. The van der Waals surface area contributed by atoms with Gasteiger partial charge in [0, 0.05) is 11.8 Å². The summed E-state index contributed by atoms with van der Waals surface area (Å²) in [5.41, 5.74) is 6.03. The summed E-state index contributed by atoms with van der Waals surface area (Å²) in [7, 11) is 0. The average molecular weight is 241 g/mol. The van der Waals surface area contributed by atoms with Crippen LogP contribution in [0.3, 0.4) is 0 Å². The monoisotopic (exact) mass is 241 g/mol. The Labute approximate surface area is 104 Å². The van der Waals surface area contributed by atoms with E-state index >= 15 is 0 Å². The van der Waals surface area contributed by atoms with Gasteiger partial charge in [0.1, 0.15) is 5.82 Å². The molecule has 0 unspecified atom stereocenters. The molecule has 90 valence electrons. The van der Waals surface area contributed by atoms with Crippen molar-refractivity contribution in [2.75, 3.05) is 11.9 Å². The molecule has 2 aromatic rings. The van der Waals surface area contributed by atoms with E-state index in [2.05, 4.69) is 22.1 Å². The number of hydrogen-bond donors (Lipinski definition) is 2. The predicted molar refractivity (Wildman–Crippen MR) is 66.8 cm³/mol. The van der Waals surface area contributed by atoms with Crippen LogP contribution in [0.4, 0.5) is 5.82 Å². The molecule has 0 spiro atoms. The van der Waals surface area contributed by atoms with E-state index in [-0.39, 0.29) is 18.2 Å². The number of nitrogens with zero attached hydrogens (tertiary/aromatic N) is 1. The molecule has 0 saturated carbocycles. The highest BCUT2D eigenvalue weighted by molar-refractivity contribution is 6.01. The van der Waals surface area contributed by atoms with Crippen molar-refractivity contribution in [3.8, 4) is 11.8 Å². The lowest BCUT2D eigenvalue weighted by molar-refractivity contribution is 0.0996. The highest BCUT2D eigenvalue weighted by Crippen LogP contribution is 2.08.